The quantitative estimate of drug-likeness (QED) is 0.790. The van der Waals surface area contributed by atoms with E-state index in [0.717, 1.165) is 18.5 Å². The van der Waals surface area contributed by atoms with Gasteiger partial charge in [-0.2, -0.15) is 10.2 Å². The fraction of sp³-hybridized carbons (Fsp3) is 0.400. The van der Waals surface area contributed by atoms with Crippen LogP contribution in [0.3, 0.4) is 0 Å². The molecule has 1 aliphatic heterocycles. The first-order valence-electron chi connectivity index (χ1n) is 9.06. The smallest absolute Gasteiger partial charge is 0.312 e. The van der Waals surface area contributed by atoms with Crippen molar-refractivity contribution in [1.82, 2.24) is 20.0 Å². The van der Waals surface area contributed by atoms with Crippen molar-refractivity contribution in [2.45, 2.75) is 38.3 Å². The van der Waals surface area contributed by atoms with Crippen LogP contribution in [0.25, 0.3) is 0 Å². The van der Waals surface area contributed by atoms with Crippen LogP contribution in [0.1, 0.15) is 35.7 Å². The Hall–Kier alpha value is -2.76. The van der Waals surface area contributed by atoms with E-state index in [1.165, 1.54) is 5.56 Å². The average molecular weight is 350 g/mol. The summed E-state index contributed by atoms with van der Waals surface area (Å²) in [6, 6.07) is 14.3. The van der Waals surface area contributed by atoms with E-state index in [4.69, 9.17) is 0 Å². The van der Waals surface area contributed by atoms with Crippen molar-refractivity contribution in [2.75, 3.05) is 13.1 Å². The summed E-state index contributed by atoms with van der Waals surface area (Å²) >= 11 is 0. The highest BCUT2D eigenvalue weighted by Crippen LogP contribution is 2.40. The predicted octanol–water partition coefficient (Wildman–Crippen LogP) is 1.90. The van der Waals surface area contributed by atoms with Crippen LogP contribution < -0.4 is 0 Å². The van der Waals surface area contributed by atoms with Crippen LogP contribution >= 0.6 is 0 Å². The molecule has 2 heterocycles. The molecule has 2 fully saturated rings. The van der Waals surface area contributed by atoms with Gasteiger partial charge in [0, 0.05) is 19.1 Å². The van der Waals surface area contributed by atoms with Gasteiger partial charge in [-0.25, -0.2) is 0 Å². The summed E-state index contributed by atoms with van der Waals surface area (Å²) in [5.41, 5.74) is 2.86. The molecule has 1 aromatic heterocycles. The minimum absolute atomic E-state index is 0.179. The summed E-state index contributed by atoms with van der Waals surface area (Å²) in [6.07, 6.45) is 1.87. The lowest BCUT2D eigenvalue weighted by molar-refractivity contribution is -0.159. The van der Waals surface area contributed by atoms with Gasteiger partial charge in [-0.1, -0.05) is 30.3 Å². The third-order valence-electron chi connectivity index (χ3n) is 5.37. The lowest BCUT2D eigenvalue weighted by Crippen LogP contribution is -2.59. The van der Waals surface area contributed by atoms with E-state index in [2.05, 4.69) is 22.3 Å². The van der Waals surface area contributed by atoms with Gasteiger partial charge >= 0.3 is 11.8 Å². The number of aryl methyl sites for hydroxylation is 1. The zero-order chi connectivity index (χ0) is 18.1. The molecule has 0 radical (unpaired) electrons. The van der Waals surface area contributed by atoms with Gasteiger partial charge in [-0.15, -0.1) is 0 Å². The molecule has 0 N–H and O–H groups in total. The van der Waals surface area contributed by atoms with Crippen LogP contribution in [0.5, 0.6) is 0 Å². The van der Waals surface area contributed by atoms with Crippen LogP contribution in [-0.2, 0) is 16.1 Å². The summed E-state index contributed by atoms with van der Waals surface area (Å²) in [5.74, 6) is -0.320. The largest absolute Gasteiger partial charge is 0.330 e. The van der Waals surface area contributed by atoms with Crippen LogP contribution in [0.2, 0.25) is 0 Å². The molecule has 1 aromatic carbocycles. The Morgan fingerprint density at radius 2 is 1.73 bits per heavy atom. The van der Waals surface area contributed by atoms with Crippen molar-refractivity contribution in [1.29, 1.82) is 0 Å². The molecule has 1 aliphatic carbocycles. The molecule has 1 saturated heterocycles. The number of carbonyl (C=O) groups excluding carboxylic acids is 2. The number of carbonyl (C=O) groups is 2. The number of amides is 2. The number of hydrogen-bond acceptors (Lipinski definition) is 4. The van der Waals surface area contributed by atoms with Crippen molar-refractivity contribution < 1.29 is 9.59 Å². The summed E-state index contributed by atoms with van der Waals surface area (Å²) < 4.78 is 0. The van der Waals surface area contributed by atoms with Crippen molar-refractivity contribution in [3.05, 3.63) is 59.4 Å². The standard InChI is InChI=1S/C20H22N4O2/c1-14-7-8-17(22-21-14)13-23-9-10-24(20(26)19(23)25)18-11-16(12-18)15-5-3-2-4-6-15/h2-8,16,18H,9-13H2,1H3. The summed E-state index contributed by atoms with van der Waals surface area (Å²) in [6.45, 7) is 3.34. The second kappa shape index (κ2) is 6.86. The molecule has 0 bridgehead atoms. The van der Waals surface area contributed by atoms with Crippen LogP contribution in [0.15, 0.2) is 42.5 Å². The number of benzene rings is 1. The van der Waals surface area contributed by atoms with Gasteiger partial charge in [0.1, 0.15) is 0 Å². The van der Waals surface area contributed by atoms with Gasteiger partial charge in [-0.05, 0) is 43.4 Å². The highest BCUT2D eigenvalue weighted by atomic mass is 16.2. The Morgan fingerprint density at radius 1 is 0.962 bits per heavy atom. The maximum atomic E-state index is 12.6. The van der Waals surface area contributed by atoms with Crippen molar-refractivity contribution in [2.24, 2.45) is 0 Å². The molecule has 6 nitrogen and oxygen atoms in total. The van der Waals surface area contributed by atoms with Crippen LogP contribution in [-0.4, -0.2) is 50.9 Å². The number of aromatic nitrogens is 2. The van der Waals surface area contributed by atoms with Crippen molar-refractivity contribution >= 4 is 11.8 Å². The Balaban J connectivity index is 1.35. The fourth-order valence-electron chi connectivity index (χ4n) is 3.73. The molecule has 0 unspecified atom stereocenters. The van der Waals surface area contributed by atoms with E-state index in [-0.39, 0.29) is 11.9 Å². The van der Waals surface area contributed by atoms with Gasteiger partial charge in [0.15, 0.2) is 0 Å². The van der Waals surface area contributed by atoms with E-state index in [9.17, 15) is 9.59 Å². The maximum Gasteiger partial charge on any atom is 0.312 e. The van der Waals surface area contributed by atoms with Crippen LogP contribution in [0.4, 0.5) is 0 Å². The molecule has 0 atom stereocenters. The monoisotopic (exact) mass is 350 g/mol. The average Bonchev–Trinajstić information content (AvgIpc) is 2.62. The molecule has 4 rings (SSSR count). The highest BCUT2D eigenvalue weighted by Gasteiger charge is 2.42. The van der Waals surface area contributed by atoms with E-state index < -0.39 is 5.91 Å². The molecular weight excluding hydrogens is 328 g/mol. The highest BCUT2D eigenvalue weighted by molar-refractivity contribution is 6.35. The van der Waals surface area contributed by atoms with Crippen molar-refractivity contribution in [3.8, 4) is 0 Å². The molecule has 26 heavy (non-hydrogen) atoms. The van der Waals surface area contributed by atoms with E-state index in [1.807, 2.05) is 37.3 Å². The SMILES string of the molecule is Cc1ccc(CN2CCN(C3CC(c4ccccc4)C3)C(=O)C2=O)nn1. The zero-order valence-corrected chi connectivity index (χ0v) is 14.8. The maximum absolute atomic E-state index is 12.6. The number of rotatable bonds is 4. The third kappa shape index (κ3) is 3.19. The minimum Gasteiger partial charge on any atom is -0.330 e. The molecule has 134 valence electrons. The van der Waals surface area contributed by atoms with Gasteiger partial charge in [0.25, 0.3) is 0 Å². The van der Waals surface area contributed by atoms with Crippen LogP contribution in [0, 0.1) is 6.92 Å². The topological polar surface area (TPSA) is 66.4 Å². The van der Waals surface area contributed by atoms with E-state index >= 15 is 0 Å². The molecule has 1 saturated carbocycles. The molecular formula is C20H22N4O2. The minimum atomic E-state index is -0.429. The van der Waals surface area contributed by atoms with Crippen molar-refractivity contribution in [3.63, 3.8) is 0 Å². The van der Waals surface area contributed by atoms with Gasteiger partial charge in [0.05, 0.1) is 17.9 Å². The molecule has 6 heteroatoms. The lowest BCUT2D eigenvalue weighted by atomic mass is 9.75. The number of hydrogen-bond donors (Lipinski definition) is 0. The number of piperazine rings is 1. The third-order valence-corrected chi connectivity index (χ3v) is 5.37. The molecule has 2 amide bonds. The van der Waals surface area contributed by atoms with E-state index in [0.29, 0.717) is 31.2 Å². The Bertz CT molecular complexity index is 800. The molecule has 2 aromatic rings. The first kappa shape index (κ1) is 16.7. The molecule has 2 aliphatic rings. The van der Waals surface area contributed by atoms with E-state index in [1.54, 1.807) is 9.80 Å². The first-order valence-corrected chi connectivity index (χ1v) is 9.06. The second-order valence-electron chi connectivity index (χ2n) is 7.12. The van der Waals surface area contributed by atoms with Gasteiger partial charge in [0.2, 0.25) is 0 Å². The Morgan fingerprint density at radius 3 is 2.42 bits per heavy atom. The zero-order valence-electron chi connectivity index (χ0n) is 14.8. The Labute approximate surface area is 152 Å². The fourth-order valence-corrected chi connectivity index (χ4v) is 3.73. The lowest BCUT2D eigenvalue weighted by Gasteiger charge is -2.45. The summed E-state index contributed by atoms with van der Waals surface area (Å²) in [7, 11) is 0. The first-order chi connectivity index (χ1) is 12.6. The van der Waals surface area contributed by atoms with Gasteiger partial charge < -0.3 is 9.80 Å². The number of nitrogens with zero attached hydrogens (tertiary/aromatic N) is 4. The normalized spacial score (nSPS) is 23.1. The summed E-state index contributed by atoms with van der Waals surface area (Å²) in [4.78, 5) is 28.4. The Kier molecular flexibility index (Phi) is 4.41. The predicted molar refractivity (Wildman–Crippen MR) is 96.1 cm³/mol. The molecule has 0 spiro atoms. The van der Waals surface area contributed by atoms with Gasteiger partial charge in [-0.3, -0.25) is 9.59 Å². The second-order valence-corrected chi connectivity index (χ2v) is 7.12. The summed E-state index contributed by atoms with van der Waals surface area (Å²) in [5, 5.41) is 8.10.